The van der Waals surface area contributed by atoms with Crippen molar-refractivity contribution in [2.45, 2.75) is 6.92 Å². The van der Waals surface area contributed by atoms with Crippen molar-refractivity contribution in [2.24, 2.45) is 0 Å². The third-order valence-electron chi connectivity index (χ3n) is 3.64. The Morgan fingerprint density at radius 2 is 2.14 bits per heavy atom. The minimum atomic E-state index is 0.775. The molecule has 1 N–H and O–H groups in total. The summed E-state index contributed by atoms with van der Waals surface area (Å²) >= 11 is 1.70. The Morgan fingerprint density at radius 1 is 1.29 bits per heavy atom. The van der Waals surface area contributed by atoms with Gasteiger partial charge in [-0.15, -0.1) is 16.4 Å². The zero-order valence-electron chi connectivity index (χ0n) is 11.8. The lowest BCUT2D eigenvalue weighted by Crippen LogP contribution is -2.44. The van der Waals surface area contributed by atoms with Crippen molar-refractivity contribution in [3.63, 3.8) is 0 Å². The molecule has 21 heavy (non-hydrogen) atoms. The number of hydrogen-bond acceptors (Lipinski definition) is 6. The molecule has 0 spiro atoms. The summed E-state index contributed by atoms with van der Waals surface area (Å²) in [6, 6.07) is 4.14. The summed E-state index contributed by atoms with van der Waals surface area (Å²) in [5, 5.41) is 9.97. The van der Waals surface area contributed by atoms with E-state index in [1.54, 1.807) is 11.3 Å². The van der Waals surface area contributed by atoms with Crippen molar-refractivity contribution < 1.29 is 0 Å². The van der Waals surface area contributed by atoms with Gasteiger partial charge in [0, 0.05) is 37.3 Å². The molecule has 1 aliphatic heterocycles. The van der Waals surface area contributed by atoms with Gasteiger partial charge in [-0.1, -0.05) is 6.07 Å². The van der Waals surface area contributed by atoms with Gasteiger partial charge in [0.1, 0.15) is 5.82 Å². The van der Waals surface area contributed by atoms with E-state index >= 15 is 0 Å². The van der Waals surface area contributed by atoms with Crippen LogP contribution >= 0.6 is 11.3 Å². The Balaban J connectivity index is 1.88. The number of thiophene rings is 1. The van der Waals surface area contributed by atoms with Gasteiger partial charge >= 0.3 is 0 Å². The monoisotopic (exact) mass is 300 g/mol. The van der Waals surface area contributed by atoms with Crippen LogP contribution in [0.1, 0.15) is 5.82 Å². The van der Waals surface area contributed by atoms with Gasteiger partial charge in [-0.05, 0) is 18.4 Å². The summed E-state index contributed by atoms with van der Waals surface area (Å²) in [5.74, 6) is 1.66. The molecule has 7 heteroatoms. The molecule has 108 valence electrons. The molecule has 3 aromatic rings. The molecule has 1 aliphatic rings. The van der Waals surface area contributed by atoms with Gasteiger partial charge in [-0.3, -0.25) is 0 Å². The van der Waals surface area contributed by atoms with Gasteiger partial charge in [-0.25, -0.2) is 9.97 Å². The van der Waals surface area contributed by atoms with Crippen LogP contribution in [0, 0.1) is 6.92 Å². The Labute approximate surface area is 126 Å². The van der Waals surface area contributed by atoms with Crippen molar-refractivity contribution in [3.05, 3.63) is 29.5 Å². The second-order valence-electron chi connectivity index (χ2n) is 5.08. The molecule has 0 aromatic carbocycles. The Bertz CT molecular complexity index is 757. The molecule has 4 rings (SSSR count). The predicted octanol–water partition coefficient (Wildman–Crippen LogP) is 1.57. The van der Waals surface area contributed by atoms with Crippen molar-refractivity contribution in [2.75, 3.05) is 31.1 Å². The first-order valence-electron chi connectivity index (χ1n) is 7.05. The highest BCUT2D eigenvalue weighted by molar-refractivity contribution is 7.13. The first kappa shape index (κ1) is 12.7. The molecule has 3 aromatic heterocycles. The van der Waals surface area contributed by atoms with Gasteiger partial charge < -0.3 is 10.2 Å². The van der Waals surface area contributed by atoms with E-state index in [1.807, 2.05) is 23.7 Å². The number of hydrogen-bond donors (Lipinski definition) is 1. The van der Waals surface area contributed by atoms with Crippen LogP contribution in [0.25, 0.3) is 16.1 Å². The Hall–Kier alpha value is -1.99. The topological polar surface area (TPSA) is 58.4 Å². The number of anilines is 1. The number of aryl methyl sites for hydroxylation is 1. The molecule has 0 saturated carbocycles. The molecule has 0 bridgehead atoms. The fraction of sp³-hybridized carbons (Fsp3) is 0.357. The average molecular weight is 300 g/mol. The molecule has 0 atom stereocenters. The fourth-order valence-corrected chi connectivity index (χ4v) is 3.38. The highest BCUT2D eigenvalue weighted by atomic mass is 32.1. The van der Waals surface area contributed by atoms with Crippen molar-refractivity contribution in [3.8, 4) is 10.4 Å². The van der Waals surface area contributed by atoms with Gasteiger partial charge in [-0.2, -0.15) is 4.52 Å². The van der Waals surface area contributed by atoms with Crippen LogP contribution < -0.4 is 10.2 Å². The van der Waals surface area contributed by atoms with E-state index in [9.17, 15) is 0 Å². The summed E-state index contributed by atoms with van der Waals surface area (Å²) in [5.41, 5.74) is 1.93. The van der Waals surface area contributed by atoms with E-state index in [4.69, 9.17) is 0 Å². The fourth-order valence-electron chi connectivity index (χ4n) is 2.65. The number of aromatic nitrogens is 4. The van der Waals surface area contributed by atoms with Gasteiger partial charge in [0.25, 0.3) is 0 Å². The third kappa shape index (κ3) is 2.18. The normalized spacial score (nSPS) is 15.8. The summed E-state index contributed by atoms with van der Waals surface area (Å²) < 4.78 is 1.88. The second-order valence-corrected chi connectivity index (χ2v) is 6.03. The van der Waals surface area contributed by atoms with E-state index in [2.05, 4.69) is 36.7 Å². The molecule has 0 radical (unpaired) electrons. The standard InChI is InChI=1S/C14H16N6S/c1-10-17-13-11(12-3-2-8-21-12)9-16-14(20(13)18-10)19-6-4-15-5-7-19/h2-3,8-9,15H,4-7H2,1H3. The summed E-state index contributed by atoms with van der Waals surface area (Å²) in [4.78, 5) is 12.7. The molecule has 0 amide bonds. The molecule has 4 heterocycles. The zero-order valence-corrected chi connectivity index (χ0v) is 12.6. The van der Waals surface area contributed by atoms with Gasteiger partial charge in [0.2, 0.25) is 5.95 Å². The number of nitrogens with zero attached hydrogens (tertiary/aromatic N) is 5. The SMILES string of the molecule is Cc1nc2c(-c3cccs3)cnc(N3CCNCC3)n2n1. The number of rotatable bonds is 2. The van der Waals surface area contributed by atoms with Crippen LogP contribution in [0.4, 0.5) is 5.95 Å². The second kappa shape index (κ2) is 5.09. The van der Waals surface area contributed by atoms with Crippen molar-refractivity contribution in [1.29, 1.82) is 0 Å². The largest absolute Gasteiger partial charge is 0.338 e. The van der Waals surface area contributed by atoms with Crippen LogP contribution in [0.2, 0.25) is 0 Å². The van der Waals surface area contributed by atoms with E-state index < -0.39 is 0 Å². The van der Waals surface area contributed by atoms with Crippen LogP contribution in [-0.2, 0) is 0 Å². The molecule has 1 fully saturated rings. The maximum atomic E-state index is 4.67. The first-order chi connectivity index (χ1) is 10.3. The van der Waals surface area contributed by atoms with Crippen LogP contribution in [0.15, 0.2) is 23.7 Å². The van der Waals surface area contributed by atoms with Gasteiger partial charge in [0.05, 0.1) is 5.56 Å². The predicted molar refractivity (Wildman–Crippen MR) is 83.9 cm³/mol. The maximum Gasteiger partial charge on any atom is 0.228 e. The van der Waals surface area contributed by atoms with E-state index in [0.29, 0.717) is 0 Å². The molecular weight excluding hydrogens is 284 g/mol. The summed E-state index contributed by atoms with van der Waals surface area (Å²) in [6.07, 6.45) is 1.92. The van der Waals surface area contributed by atoms with E-state index in [-0.39, 0.29) is 0 Å². The molecular formula is C14H16N6S. The molecule has 6 nitrogen and oxygen atoms in total. The highest BCUT2D eigenvalue weighted by Crippen LogP contribution is 2.29. The average Bonchev–Trinajstić information content (AvgIpc) is 3.15. The molecule has 0 aliphatic carbocycles. The highest BCUT2D eigenvalue weighted by Gasteiger charge is 2.19. The molecule has 0 unspecified atom stereocenters. The van der Waals surface area contributed by atoms with Crippen LogP contribution in [-0.4, -0.2) is 45.8 Å². The Kier molecular flexibility index (Phi) is 3.08. The minimum absolute atomic E-state index is 0.775. The smallest absolute Gasteiger partial charge is 0.228 e. The third-order valence-corrected chi connectivity index (χ3v) is 4.54. The van der Waals surface area contributed by atoms with Crippen LogP contribution in [0.3, 0.4) is 0 Å². The number of nitrogens with one attached hydrogen (secondary N) is 1. The van der Waals surface area contributed by atoms with Crippen molar-refractivity contribution >= 4 is 22.9 Å². The quantitative estimate of drug-likeness (QED) is 0.778. The zero-order chi connectivity index (χ0) is 14.2. The number of piperazine rings is 1. The lowest BCUT2D eigenvalue weighted by Gasteiger charge is -2.28. The van der Waals surface area contributed by atoms with Crippen LogP contribution in [0.5, 0.6) is 0 Å². The molecule has 1 saturated heterocycles. The summed E-state index contributed by atoms with van der Waals surface area (Å²) in [6.45, 7) is 5.76. The van der Waals surface area contributed by atoms with E-state index in [0.717, 1.165) is 49.2 Å². The lowest BCUT2D eigenvalue weighted by molar-refractivity contribution is 0.574. The maximum absolute atomic E-state index is 4.67. The van der Waals surface area contributed by atoms with E-state index in [1.165, 1.54) is 4.88 Å². The first-order valence-corrected chi connectivity index (χ1v) is 7.93. The van der Waals surface area contributed by atoms with Gasteiger partial charge in [0.15, 0.2) is 5.65 Å². The summed E-state index contributed by atoms with van der Waals surface area (Å²) in [7, 11) is 0. The lowest BCUT2D eigenvalue weighted by atomic mass is 10.2. The number of fused-ring (bicyclic) bond motifs is 1. The van der Waals surface area contributed by atoms with Crippen molar-refractivity contribution in [1.82, 2.24) is 24.9 Å². The Morgan fingerprint density at radius 3 is 2.90 bits per heavy atom. The minimum Gasteiger partial charge on any atom is -0.338 e.